The van der Waals surface area contributed by atoms with Crippen LogP contribution < -0.4 is 5.73 Å². The first kappa shape index (κ1) is 8.79. The molecule has 0 radical (unpaired) electrons. The Hall–Kier alpha value is -1.79. The summed E-state index contributed by atoms with van der Waals surface area (Å²) in [5, 5.41) is 3.57. The van der Waals surface area contributed by atoms with Crippen molar-refractivity contribution in [2.45, 2.75) is 6.18 Å². The predicted octanol–water partition coefficient (Wildman–Crippen LogP) is 1.82. The zero-order valence-corrected chi connectivity index (χ0v) is 6.67. The predicted molar refractivity (Wildman–Crippen MR) is 41.2 cm³/mol. The van der Waals surface area contributed by atoms with Gasteiger partial charge in [-0.25, -0.2) is 4.98 Å². The van der Waals surface area contributed by atoms with Gasteiger partial charge in [0.25, 0.3) is 5.71 Å². The molecule has 74 valence electrons. The van der Waals surface area contributed by atoms with Gasteiger partial charge in [-0.1, -0.05) is 5.16 Å². The monoisotopic (exact) mass is 203 g/mol. The minimum Gasteiger partial charge on any atom is -0.380 e. The summed E-state index contributed by atoms with van der Waals surface area (Å²) in [5.74, 6) is 0.0289. The summed E-state index contributed by atoms with van der Waals surface area (Å²) in [4.78, 5) is 3.23. The second kappa shape index (κ2) is 2.60. The molecule has 0 saturated carbocycles. The summed E-state index contributed by atoms with van der Waals surface area (Å²) in [6.07, 6.45) is -4.49. The lowest BCUT2D eigenvalue weighted by Crippen LogP contribution is -2.07. The van der Waals surface area contributed by atoms with Crippen LogP contribution in [0.25, 0.3) is 11.1 Å². The highest BCUT2D eigenvalue weighted by molar-refractivity contribution is 5.83. The van der Waals surface area contributed by atoms with E-state index in [-0.39, 0.29) is 16.9 Å². The molecular weight excluding hydrogens is 199 g/mol. The number of nitrogen functional groups attached to an aromatic ring is 1. The molecule has 0 bridgehead atoms. The van der Waals surface area contributed by atoms with E-state index in [0.717, 1.165) is 6.07 Å². The number of hydrogen-bond acceptors (Lipinski definition) is 4. The number of hydrogen-bond donors (Lipinski definition) is 1. The van der Waals surface area contributed by atoms with Gasteiger partial charge < -0.3 is 10.3 Å². The standard InChI is InChI=1S/C7H4F3N3O/c8-7(9,10)4-2-1-3-5(11)13-14-6(3)12-4/h1-2H,(H2,11,13). The number of fused-ring (bicyclic) bond motifs is 1. The highest BCUT2D eigenvalue weighted by atomic mass is 19.4. The van der Waals surface area contributed by atoms with Crippen LogP contribution in [-0.4, -0.2) is 10.1 Å². The summed E-state index contributed by atoms with van der Waals surface area (Å²) < 4.78 is 41.0. The Bertz CT molecular complexity index is 476. The Kier molecular flexibility index (Phi) is 1.63. The van der Waals surface area contributed by atoms with Gasteiger partial charge in [0.2, 0.25) is 0 Å². The zero-order valence-electron chi connectivity index (χ0n) is 6.67. The van der Waals surface area contributed by atoms with E-state index in [9.17, 15) is 13.2 Å². The molecule has 0 spiro atoms. The van der Waals surface area contributed by atoms with E-state index < -0.39 is 11.9 Å². The third kappa shape index (κ3) is 1.26. The van der Waals surface area contributed by atoms with Crippen LogP contribution in [0.1, 0.15) is 5.69 Å². The van der Waals surface area contributed by atoms with Gasteiger partial charge in [0.15, 0.2) is 5.82 Å². The number of nitrogens with zero attached hydrogens (tertiary/aromatic N) is 2. The summed E-state index contributed by atoms with van der Waals surface area (Å²) >= 11 is 0. The van der Waals surface area contributed by atoms with Crippen LogP contribution in [0, 0.1) is 0 Å². The van der Waals surface area contributed by atoms with Gasteiger partial charge in [-0.15, -0.1) is 0 Å². The lowest BCUT2D eigenvalue weighted by atomic mass is 10.3. The molecule has 7 heteroatoms. The molecule has 2 N–H and O–H groups in total. The van der Waals surface area contributed by atoms with Crippen molar-refractivity contribution in [1.82, 2.24) is 10.1 Å². The average molecular weight is 203 g/mol. The molecule has 0 aliphatic carbocycles. The van der Waals surface area contributed by atoms with E-state index in [4.69, 9.17) is 5.73 Å². The van der Waals surface area contributed by atoms with Crippen molar-refractivity contribution in [2.24, 2.45) is 0 Å². The first-order chi connectivity index (χ1) is 6.48. The highest BCUT2D eigenvalue weighted by Crippen LogP contribution is 2.29. The highest BCUT2D eigenvalue weighted by Gasteiger charge is 2.33. The molecule has 0 amide bonds. The third-order valence-corrected chi connectivity index (χ3v) is 1.66. The van der Waals surface area contributed by atoms with E-state index in [1.165, 1.54) is 6.07 Å². The minimum atomic E-state index is -4.49. The van der Waals surface area contributed by atoms with Crippen LogP contribution >= 0.6 is 0 Å². The normalized spacial score (nSPS) is 12.2. The molecule has 0 saturated heterocycles. The van der Waals surface area contributed by atoms with Crippen molar-refractivity contribution in [2.75, 3.05) is 5.73 Å². The van der Waals surface area contributed by atoms with Crippen LogP contribution in [0.2, 0.25) is 0 Å². The second-order valence-electron chi connectivity index (χ2n) is 2.61. The molecule has 2 aromatic rings. The summed E-state index contributed by atoms with van der Waals surface area (Å²) in [6, 6.07) is 2.01. The average Bonchev–Trinajstić information content (AvgIpc) is 2.46. The van der Waals surface area contributed by atoms with Crippen LogP contribution in [0.5, 0.6) is 0 Å². The fraction of sp³-hybridized carbons (Fsp3) is 0.143. The molecule has 2 aromatic heterocycles. The van der Waals surface area contributed by atoms with Gasteiger partial charge in [-0.05, 0) is 12.1 Å². The van der Waals surface area contributed by atoms with Gasteiger partial charge in [0, 0.05) is 0 Å². The fourth-order valence-corrected chi connectivity index (χ4v) is 1.00. The van der Waals surface area contributed by atoms with Crippen molar-refractivity contribution in [3.63, 3.8) is 0 Å². The fourth-order valence-electron chi connectivity index (χ4n) is 1.00. The number of pyridine rings is 1. The second-order valence-corrected chi connectivity index (χ2v) is 2.61. The number of halogens is 3. The molecule has 0 aliphatic rings. The Labute approximate surface area is 75.5 Å². The topological polar surface area (TPSA) is 64.9 Å². The minimum absolute atomic E-state index is 0.0289. The molecule has 2 rings (SSSR count). The molecule has 0 fully saturated rings. The van der Waals surface area contributed by atoms with E-state index >= 15 is 0 Å². The lowest BCUT2D eigenvalue weighted by Gasteiger charge is -2.03. The SMILES string of the molecule is Nc1noc2nc(C(F)(F)F)ccc12. The van der Waals surface area contributed by atoms with Crippen molar-refractivity contribution in [3.8, 4) is 0 Å². The van der Waals surface area contributed by atoms with Crippen molar-refractivity contribution in [1.29, 1.82) is 0 Å². The van der Waals surface area contributed by atoms with Gasteiger partial charge in [-0.3, -0.25) is 0 Å². The van der Waals surface area contributed by atoms with Crippen LogP contribution in [0.15, 0.2) is 16.7 Å². The Morgan fingerprint density at radius 3 is 2.64 bits per heavy atom. The van der Waals surface area contributed by atoms with Crippen LogP contribution in [-0.2, 0) is 6.18 Å². The van der Waals surface area contributed by atoms with E-state index in [2.05, 4.69) is 14.7 Å². The molecule has 0 aromatic carbocycles. The third-order valence-electron chi connectivity index (χ3n) is 1.66. The molecule has 4 nitrogen and oxygen atoms in total. The smallest absolute Gasteiger partial charge is 0.380 e. The van der Waals surface area contributed by atoms with Crippen molar-refractivity contribution < 1.29 is 17.7 Å². The molecule has 0 aliphatic heterocycles. The van der Waals surface area contributed by atoms with Gasteiger partial charge in [0.05, 0.1) is 5.39 Å². The summed E-state index contributed by atoms with van der Waals surface area (Å²) in [6.45, 7) is 0. The first-order valence-electron chi connectivity index (χ1n) is 3.57. The first-order valence-corrected chi connectivity index (χ1v) is 3.57. The lowest BCUT2D eigenvalue weighted by molar-refractivity contribution is -0.141. The maximum atomic E-state index is 12.2. The zero-order chi connectivity index (χ0) is 10.3. The largest absolute Gasteiger partial charge is 0.433 e. The molecule has 2 heterocycles. The van der Waals surface area contributed by atoms with E-state index in [1.54, 1.807) is 0 Å². The summed E-state index contributed by atoms with van der Waals surface area (Å²) in [5.41, 5.74) is 4.07. The number of alkyl halides is 3. The number of nitrogens with two attached hydrogens (primary N) is 1. The van der Waals surface area contributed by atoms with Crippen LogP contribution in [0.3, 0.4) is 0 Å². The maximum absolute atomic E-state index is 12.2. The number of anilines is 1. The molecule has 0 unspecified atom stereocenters. The molecular formula is C7H4F3N3O. The Morgan fingerprint density at radius 1 is 1.29 bits per heavy atom. The van der Waals surface area contributed by atoms with Gasteiger partial charge in [0.1, 0.15) is 5.69 Å². The van der Waals surface area contributed by atoms with Crippen LogP contribution in [0.4, 0.5) is 19.0 Å². The maximum Gasteiger partial charge on any atom is 0.433 e. The van der Waals surface area contributed by atoms with Gasteiger partial charge >= 0.3 is 6.18 Å². The Morgan fingerprint density at radius 2 is 2.00 bits per heavy atom. The van der Waals surface area contributed by atoms with Crippen molar-refractivity contribution in [3.05, 3.63) is 17.8 Å². The Balaban J connectivity index is 2.63. The quantitative estimate of drug-likeness (QED) is 0.709. The van der Waals surface area contributed by atoms with E-state index in [1.807, 2.05) is 0 Å². The molecule has 14 heavy (non-hydrogen) atoms. The number of rotatable bonds is 0. The van der Waals surface area contributed by atoms with Gasteiger partial charge in [-0.2, -0.15) is 13.2 Å². The van der Waals surface area contributed by atoms with E-state index in [0.29, 0.717) is 0 Å². The van der Waals surface area contributed by atoms with Crippen molar-refractivity contribution >= 4 is 16.9 Å². The number of aromatic nitrogens is 2. The molecule has 0 atom stereocenters. The summed E-state index contributed by atoms with van der Waals surface area (Å²) in [7, 11) is 0.